The first-order valence-corrected chi connectivity index (χ1v) is 9.20. The number of nitrogens with zero attached hydrogens (tertiary/aromatic N) is 4. The number of carbonyl (C=O) groups is 2. The summed E-state index contributed by atoms with van der Waals surface area (Å²) >= 11 is 0. The minimum Gasteiger partial charge on any atom is -0.339 e. The van der Waals surface area contributed by atoms with Crippen molar-refractivity contribution >= 4 is 22.7 Å². The van der Waals surface area contributed by atoms with Crippen LogP contribution in [0.5, 0.6) is 0 Å². The lowest BCUT2D eigenvalue weighted by Gasteiger charge is -2.37. The van der Waals surface area contributed by atoms with E-state index in [1.165, 1.54) is 10.9 Å². The van der Waals surface area contributed by atoms with Crippen LogP contribution in [0.2, 0.25) is 0 Å². The van der Waals surface area contributed by atoms with Gasteiger partial charge in [-0.15, -0.1) is 0 Å². The smallest absolute Gasteiger partial charge is 0.261 e. The Morgan fingerprint density at radius 1 is 1.07 bits per heavy atom. The minimum atomic E-state index is -0.422. The summed E-state index contributed by atoms with van der Waals surface area (Å²) in [6, 6.07) is 5.45. The fourth-order valence-electron chi connectivity index (χ4n) is 3.33. The summed E-state index contributed by atoms with van der Waals surface area (Å²) in [6.07, 6.45) is 1.44. The molecule has 1 aliphatic heterocycles. The highest BCUT2D eigenvalue weighted by Crippen LogP contribution is 2.18. The molecule has 1 aromatic carbocycles. The van der Waals surface area contributed by atoms with Crippen LogP contribution in [0.1, 0.15) is 26.3 Å². The van der Waals surface area contributed by atoms with Crippen molar-refractivity contribution in [2.24, 2.45) is 5.41 Å². The number of hydrogen-bond acceptors (Lipinski definition) is 4. The van der Waals surface area contributed by atoms with Crippen molar-refractivity contribution in [1.82, 2.24) is 19.4 Å². The molecule has 0 spiro atoms. The minimum absolute atomic E-state index is 0.0388. The Kier molecular flexibility index (Phi) is 5.04. The third-order valence-corrected chi connectivity index (χ3v) is 4.92. The van der Waals surface area contributed by atoms with Gasteiger partial charge in [-0.3, -0.25) is 19.0 Å². The maximum absolute atomic E-state index is 12.7. The number of carbonyl (C=O) groups excluding carboxylic acids is 2. The Balaban J connectivity index is 1.69. The molecule has 0 N–H and O–H groups in total. The van der Waals surface area contributed by atoms with E-state index in [0.29, 0.717) is 37.1 Å². The zero-order chi connectivity index (χ0) is 19.8. The predicted octanol–water partition coefficient (Wildman–Crippen LogP) is 1.42. The molecule has 0 aliphatic carbocycles. The number of aryl methyl sites for hydroxylation is 1. The number of para-hydroxylation sites is 1. The second kappa shape index (κ2) is 7.13. The standard InChI is InChI=1S/C20H26N4O3/c1-14-6-5-7-15-17(14)21-13-24(18(15)26)12-16(25)22-8-10-23(11-9-22)19(27)20(2,3)4/h5-7,13H,8-12H2,1-4H3. The van der Waals surface area contributed by atoms with Gasteiger partial charge in [-0.1, -0.05) is 32.9 Å². The number of aromatic nitrogens is 2. The highest BCUT2D eigenvalue weighted by Gasteiger charge is 2.30. The first kappa shape index (κ1) is 19.1. The number of piperazine rings is 1. The van der Waals surface area contributed by atoms with E-state index < -0.39 is 5.41 Å². The largest absolute Gasteiger partial charge is 0.339 e. The summed E-state index contributed by atoms with van der Waals surface area (Å²) < 4.78 is 1.36. The molecule has 1 aliphatic rings. The molecule has 0 unspecified atom stereocenters. The number of fused-ring (bicyclic) bond motifs is 1. The molecule has 1 aromatic heterocycles. The summed E-state index contributed by atoms with van der Waals surface area (Å²) in [5, 5.41) is 0.519. The average Bonchev–Trinajstić information content (AvgIpc) is 2.63. The molecule has 0 saturated carbocycles. The first-order chi connectivity index (χ1) is 12.7. The van der Waals surface area contributed by atoms with Gasteiger partial charge in [0.25, 0.3) is 5.56 Å². The second-order valence-electron chi connectivity index (χ2n) is 8.07. The van der Waals surface area contributed by atoms with Crippen molar-refractivity contribution in [3.05, 3.63) is 40.4 Å². The van der Waals surface area contributed by atoms with Gasteiger partial charge in [0.15, 0.2) is 0 Å². The third-order valence-electron chi connectivity index (χ3n) is 4.92. The van der Waals surface area contributed by atoms with Gasteiger partial charge >= 0.3 is 0 Å². The van der Waals surface area contributed by atoms with E-state index in [2.05, 4.69) is 4.98 Å². The Hall–Kier alpha value is -2.70. The molecule has 144 valence electrons. The number of rotatable bonds is 2. The monoisotopic (exact) mass is 370 g/mol. The van der Waals surface area contributed by atoms with Crippen molar-refractivity contribution < 1.29 is 9.59 Å². The quantitative estimate of drug-likeness (QED) is 0.801. The molecule has 2 aromatic rings. The van der Waals surface area contributed by atoms with Crippen molar-refractivity contribution in [1.29, 1.82) is 0 Å². The van der Waals surface area contributed by atoms with Crippen molar-refractivity contribution in [3.8, 4) is 0 Å². The Morgan fingerprint density at radius 2 is 1.70 bits per heavy atom. The normalized spacial score (nSPS) is 15.3. The van der Waals surface area contributed by atoms with Crippen LogP contribution >= 0.6 is 0 Å². The van der Waals surface area contributed by atoms with E-state index in [-0.39, 0.29) is 23.9 Å². The van der Waals surface area contributed by atoms with Crippen LogP contribution in [-0.2, 0) is 16.1 Å². The van der Waals surface area contributed by atoms with E-state index >= 15 is 0 Å². The van der Waals surface area contributed by atoms with Gasteiger partial charge in [0, 0.05) is 31.6 Å². The molecule has 7 heteroatoms. The Morgan fingerprint density at radius 3 is 2.33 bits per heavy atom. The molecule has 1 saturated heterocycles. The van der Waals surface area contributed by atoms with E-state index in [9.17, 15) is 14.4 Å². The van der Waals surface area contributed by atoms with Crippen molar-refractivity contribution in [2.45, 2.75) is 34.2 Å². The van der Waals surface area contributed by atoms with Crippen LogP contribution in [0.4, 0.5) is 0 Å². The first-order valence-electron chi connectivity index (χ1n) is 9.20. The maximum atomic E-state index is 12.7. The van der Waals surface area contributed by atoms with Crippen molar-refractivity contribution in [2.75, 3.05) is 26.2 Å². The van der Waals surface area contributed by atoms with Crippen LogP contribution in [0.25, 0.3) is 10.9 Å². The second-order valence-corrected chi connectivity index (χ2v) is 8.07. The van der Waals surface area contributed by atoms with Crippen LogP contribution < -0.4 is 5.56 Å². The fraction of sp³-hybridized carbons (Fsp3) is 0.500. The lowest BCUT2D eigenvalue weighted by atomic mass is 9.94. The average molecular weight is 370 g/mol. The number of amides is 2. The van der Waals surface area contributed by atoms with E-state index in [0.717, 1.165) is 5.56 Å². The molecular formula is C20H26N4O3. The SMILES string of the molecule is Cc1cccc2c(=O)n(CC(=O)N3CCN(C(=O)C(C)(C)C)CC3)cnc12. The van der Waals surface area contributed by atoms with Crippen LogP contribution in [0.15, 0.2) is 29.3 Å². The molecule has 7 nitrogen and oxygen atoms in total. The van der Waals surface area contributed by atoms with Gasteiger partial charge in [-0.2, -0.15) is 0 Å². The topological polar surface area (TPSA) is 75.5 Å². The molecule has 0 bridgehead atoms. The lowest BCUT2D eigenvalue weighted by Crippen LogP contribution is -2.53. The van der Waals surface area contributed by atoms with Gasteiger partial charge in [0.1, 0.15) is 6.54 Å². The highest BCUT2D eigenvalue weighted by molar-refractivity contribution is 5.83. The molecule has 3 rings (SSSR count). The fourth-order valence-corrected chi connectivity index (χ4v) is 3.33. The zero-order valence-electron chi connectivity index (χ0n) is 16.4. The molecule has 0 atom stereocenters. The number of hydrogen-bond donors (Lipinski definition) is 0. The van der Waals surface area contributed by atoms with Crippen LogP contribution in [0.3, 0.4) is 0 Å². The predicted molar refractivity (Wildman–Crippen MR) is 103 cm³/mol. The van der Waals surface area contributed by atoms with Gasteiger partial charge in [-0.25, -0.2) is 4.98 Å². The maximum Gasteiger partial charge on any atom is 0.261 e. The third kappa shape index (κ3) is 3.86. The molecule has 1 fully saturated rings. The van der Waals surface area contributed by atoms with Gasteiger partial charge < -0.3 is 9.80 Å². The Labute approximate surface area is 158 Å². The lowest BCUT2D eigenvalue weighted by molar-refractivity contribution is -0.145. The molecule has 2 heterocycles. The molecule has 0 radical (unpaired) electrons. The van der Waals surface area contributed by atoms with E-state index in [4.69, 9.17) is 0 Å². The summed E-state index contributed by atoms with van der Waals surface area (Å²) in [7, 11) is 0. The zero-order valence-corrected chi connectivity index (χ0v) is 16.4. The van der Waals surface area contributed by atoms with Crippen LogP contribution in [0, 0.1) is 12.3 Å². The number of benzene rings is 1. The van der Waals surface area contributed by atoms with Gasteiger partial charge in [0.2, 0.25) is 11.8 Å². The van der Waals surface area contributed by atoms with Crippen molar-refractivity contribution in [3.63, 3.8) is 0 Å². The highest BCUT2D eigenvalue weighted by atomic mass is 16.2. The molecule has 27 heavy (non-hydrogen) atoms. The van der Waals surface area contributed by atoms with E-state index in [1.807, 2.05) is 39.8 Å². The summed E-state index contributed by atoms with van der Waals surface area (Å²) in [5.41, 5.74) is 0.968. The summed E-state index contributed by atoms with van der Waals surface area (Å²) in [6.45, 7) is 9.56. The summed E-state index contributed by atoms with van der Waals surface area (Å²) in [4.78, 5) is 45.5. The van der Waals surface area contributed by atoms with Gasteiger partial charge in [-0.05, 0) is 18.6 Å². The molecular weight excluding hydrogens is 344 g/mol. The summed E-state index contributed by atoms with van der Waals surface area (Å²) in [5.74, 6) is -0.0336. The molecule has 2 amide bonds. The van der Waals surface area contributed by atoms with E-state index in [1.54, 1.807) is 15.9 Å². The Bertz CT molecular complexity index is 934. The van der Waals surface area contributed by atoms with Gasteiger partial charge in [0.05, 0.1) is 17.2 Å². The van der Waals surface area contributed by atoms with Crippen LogP contribution in [-0.4, -0.2) is 57.3 Å².